The molecule has 1 fully saturated rings. The van der Waals surface area contributed by atoms with Crippen LogP contribution in [0.1, 0.15) is 39.8 Å². The highest BCUT2D eigenvalue weighted by atomic mass is 19.4. The molecule has 8 heteroatoms. The number of amides is 1. The Morgan fingerprint density at radius 2 is 1.70 bits per heavy atom. The highest BCUT2D eigenvalue weighted by Crippen LogP contribution is 2.32. The zero-order valence-corrected chi connectivity index (χ0v) is 17.9. The standard InChI is InChI=1S/C25H21F3N4O/c1-16-13-22(25(26,27)28)32-23(29-16)14-21(30-32)20-11-12-31(15-20)24(33)19-9-7-18(8-10-19)17-5-3-2-4-6-17/h2-10,13-14,20H,11-12,15H2,1H3. The fourth-order valence-electron chi connectivity index (χ4n) is 4.32. The van der Waals surface area contributed by atoms with E-state index < -0.39 is 11.9 Å². The van der Waals surface area contributed by atoms with Crippen LogP contribution in [0.2, 0.25) is 0 Å². The van der Waals surface area contributed by atoms with Gasteiger partial charge in [-0.25, -0.2) is 9.50 Å². The minimum absolute atomic E-state index is 0.0918. The third kappa shape index (κ3) is 4.08. The van der Waals surface area contributed by atoms with Gasteiger partial charge >= 0.3 is 6.18 Å². The number of hydrogen-bond acceptors (Lipinski definition) is 3. The van der Waals surface area contributed by atoms with E-state index in [0.717, 1.165) is 21.7 Å². The monoisotopic (exact) mass is 450 g/mol. The number of aryl methyl sites for hydroxylation is 1. The topological polar surface area (TPSA) is 50.5 Å². The molecule has 2 aromatic carbocycles. The van der Waals surface area contributed by atoms with Crippen molar-refractivity contribution in [1.29, 1.82) is 0 Å². The number of alkyl halides is 3. The molecule has 0 bridgehead atoms. The van der Waals surface area contributed by atoms with E-state index in [1.165, 1.54) is 6.92 Å². The van der Waals surface area contributed by atoms with E-state index in [0.29, 0.717) is 30.8 Å². The Labute approximate surface area is 188 Å². The first-order valence-electron chi connectivity index (χ1n) is 10.7. The minimum Gasteiger partial charge on any atom is -0.338 e. The molecule has 1 aliphatic heterocycles. The van der Waals surface area contributed by atoms with E-state index in [4.69, 9.17) is 0 Å². The maximum absolute atomic E-state index is 13.4. The third-order valence-electron chi connectivity index (χ3n) is 6.00. The zero-order chi connectivity index (χ0) is 23.2. The molecular formula is C25H21F3N4O. The molecule has 0 saturated carbocycles. The molecule has 1 aliphatic rings. The Balaban J connectivity index is 1.34. The minimum atomic E-state index is -4.53. The van der Waals surface area contributed by atoms with Crippen molar-refractivity contribution >= 4 is 11.6 Å². The summed E-state index contributed by atoms with van der Waals surface area (Å²) < 4.78 is 41.2. The lowest BCUT2D eigenvalue weighted by Crippen LogP contribution is -2.28. The quantitative estimate of drug-likeness (QED) is 0.423. The maximum Gasteiger partial charge on any atom is 0.433 e. The molecule has 0 aliphatic carbocycles. The average molecular weight is 450 g/mol. The molecule has 33 heavy (non-hydrogen) atoms. The van der Waals surface area contributed by atoms with Crippen molar-refractivity contribution in [3.05, 3.63) is 89.4 Å². The molecule has 0 spiro atoms. The fraction of sp³-hybridized carbons (Fsp3) is 0.240. The summed E-state index contributed by atoms with van der Waals surface area (Å²) in [6.45, 7) is 2.46. The van der Waals surface area contributed by atoms with Gasteiger partial charge in [0.1, 0.15) is 5.69 Å². The first kappa shape index (κ1) is 21.2. The van der Waals surface area contributed by atoms with E-state index in [2.05, 4.69) is 10.1 Å². The number of benzene rings is 2. The van der Waals surface area contributed by atoms with Crippen LogP contribution in [0.4, 0.5) is 13.2 Å². The second-order valence-corrected chi connectivity index (χ2v) is 8.30. The summed E-state index contributed by atoms with van der Waals surface area (Å²) in [5, 5.41) is 4.21. The Hall–Kier alpha value is -3.68. The van der Waals surface area contributed by atoms with E-state index in [1.54, 1.807) is 11.0 Å². The molecule has 0 radical (unpaired) electrons. The first-order valence-corrected chi connectivity index (χ1v) is 10.7. The van der Waals surface area contributed by atoms with Crippen LogP contribution in [0, 0.1) is 6.92 Å². The molecule has 1 saturated heterocycles. The molecule has 5 rings (SSSR count). The summed E-state index contributed by atoms with van der Waals surface area (Å²) in [5.41, 5.74) is 2.81. The van der Waals surface area contributed by atoms with Gasteiger partial charge in [-0.05, 0) is 42.7 Å². The van der Waals surface area contributed by atoms with Gasteiger partial charge in [-0.1, -0.05) is 42.5 Å². The van der Waals surface area contributed by atoms with Gasteiger partial charge in [0.2, 0.25) is 0 Å². The van der Waals surface area contributed by atoms with E-state index in [9.17, 15) is 18.0 Å². The number of aromatic nitrogens is 3. The summed E-state index contributed by atoms with van der Waals surface area (Å²) in [7, 11) is 0. The number of carbonyl (C=O) groups is 1. The summed E-state index contributed by atoms with van der Waals surface area (Å²) in [5.74, 6) is -0.230. The first-order chi connectivity index (χ1) is 15.8. The van der Waals surface area contributed by atoms with Crippen LogP contribution >= 0.6 is 0 Å². The Kier molecular flexibility index (Phi) is 5.15. The summed E-state index contributed by atoms with van der Waals surface area (Å²) >= 11 is 0. The van der Waals surface area contributed by atoms with E-state index in [1.807, 2.05) is 54.6 Å². The van der Waals surface area contributed by atoms with Gasteiger partial charge in [0.15, 0.2) is 5.65 Å². The predicted octanol–water partition coefficient (Wildman–Crippen LogP) is 5.35. The second-order valence-electron chi connectivity index (χ2n) is 8.30. The fourth-order valence-corrected chi connectivity index (χ4v) is 4.32. The Bertz CT molecular complexity index is 1310. The largest absolute Gasteiger partial charge is 0.433 e. The van der Waals surface area contributed by atoms with Gasteiger partial charge in [-0.3, -0.25) is 4.79 Å². The van der Waals surface area contributed by atoms with Crippen LogP contribution in [0.25, 0.3) is 16.8 Å². The summed E-state index contributed by atoms with van der Waals surface area (Å²) in [4.78, 5) is 18.9. The van der Waals surface area contributed by atoms with Crippen LogP contribution in [-0.4, -0.2) is 38.5 Å². The second kappa shape index (κ2) is 8.03. The van der Waals surface area contributed by atoms with Crippen LogP contribution in [0.5, 0.6) is 0 Å². The number of rotatable bonds is 3. The lowest BCUT2D eigenvalue weighted by Gasteiger charge is -2.16. The molecule has 168 valence electrons. The van der Waals surface area contributed by atoms with Crippen molar-refractivity contribution < 1.29 is 18.0 Å². The number of fused-ring (bicyclic) bond motifs is 1. The predicted molar refractivity (Wildman–Crippen MR) is 118 cm³/mol. The normalized spacial score (nSPS) is 16.5. The molecular weight excluding hydrogens is 429 g/mol. The lowest BCUT2D eigenvalue weighted by atomic mass is 10.0. The molecule has 1 amide bonds. The molecule has 0 N–H and O–H groups in total. The smallest absolute Gasteiger partial charge is 0.338 e. The highest BCUT2D eigenvalue weighted by molar-refractivity contribution is 5.95. The maximum atomic E-state index is 13.4. The van der Waals surface area contributed by atoms with Crippen molar-refractivity contribution in [3.63, 3.8) is 0 Å². The van der Waals surface area contributed by atoms with Gasteiger partial charge in [0.05, 0.1) is 5.69 Å². The van der Waals surface area contributed by atoms with Crippen LogP contribution in [0.15, 0.2) is 66.7 Å². The molecule has 4 aromatic rings. The number of carbonyl (C=O) groups excluding carboxylic acids is 1. The van der Waals surface area contributed by atoms with Gasteiger partial charge in [-0.15, -0.1) is 0 Å². The van der Waals surface area contributed by atoms with E-state index in [-0.39, 0.29) is 23.2 Å². The number of hydrogen-bond donors (Lipinski definition) is 0. The van der Waals surface area contributed by atoms with Gasteiger partial charge in [0.25, 0.3) is 5.91 Å². The third-order valence-corrected chi connectivity index (χ3v) is 6.00. The Morgan fingerprint density at radius 3 is 2.39 bits per heavy atom. The summed E-state index contributed by atoms with van der Waals surface area (Å²) in [6.07, 6.45) is -3.89. The molecule has 1 unspecified atom stereocenters. The van der Waals surface area contributed by atoms with Crippen molar-refractivity contribution in [2.45, 2.75) is 25.4 Å². The van der Waals surface area contributed by atoms with Crippen LogP contribution < -0.4 is 0 Å². The zero-order valence-electron chi connectivity index (χ0n) is 17.9. The summed E-state index contributed by atoms with van der Waals surface area (Å²) in [6, 6.07) is 20.0. The van der Waals surface area contributed by atoms with Crippen molar-refractivity contribution in [3.8, 4) is 11.1 Å². The lowest BCUT2D eigenvalue weighted by molar-refractivity contribution is -0.142. The average Bonchev–Trinajstić information content (AvgIpc) is 3.45. The Morgan fingerprint density at radius 1 is 1.00 bits per heavy atom. The highest BCUT2D eigenvalue weighted by Gasteiger charge is 2.36. The van der Waals surface area contributed by atoms with E-state index >= 15 is 0 Å². The SMILES string of the molecule is Cc1cc(C(F)(F)F)n2nc(C3CCN(C(=O)c4ccc(-c5ccccc5)cc4)C3)cc2n1. The molecule has 1 atom stereocenters. The van der Waals surface area contributed by atoms with Gasteiger partial charge in [-0.2, -0.15) is 18.3 Å². The van der Waals surface area contributed by atoms with Gasteiger partial charge in [0, 0.05) is 36.3 Å². The van der Waals surface area contributed by atoms with Crippen LogP contribution in [0.3, 0.4) is 0 Å². The van der Waals surface area contributed by atoms with Crippen molar-refractivity contribution in [1.82, 2.24) is 19.5 Å². The number of likely N-dealkylation sites (tertiary alicyclic amines) is 1. The molecule has 3 heterocycles. The van der Waals surface area contributed by atoms with Crippen molar-refractivity contribution in [2.24, 2.45) is 0 Å². The van der Waals surface area contributed by atoms with Gasteiger partial charge < -0.3 is 4.90 Å². The van der Waals surface area contributed by atoms with Crippen molar-refractivity contribution in [2.75, 3.05) is 13.1 Å². The number of halogens is 3. The molecule has 5 nitrogen and oxygen atoms in total. The number of nitrogens with zero attached hydrogens (tertiary/aromatic N) is 4. The van der Waals surface area contributed by atoms with Crippen LogP contribution in [-0.2, 0) is 6.18 Å². The molecule has 2 aromatic heterocycles.